The number of aromatic nitrogens is 2. The maximum atomic E-state index is 12.7. The molecule has 0 aliphatic heterocycles. The van der Waals surface area contributed by atoms with Crippen LogP contribution in [0, 0.1) is 0 Å². The summed E-state index contributed by atoms with van der Waals surface area (Å²) in [6.45, 7) is 4.16. The van der Waals surface area contributed by atoms with Crippen LogP contribution >= 0.6 is 11.6 Å². The Morgan fingerprint density at radius 3 is 2.45 bits per heavy atom. The molecule has 0 unspecified atom stereocenters. The molecule has 2 heterocycles. The summed E-state index contributed by atoms with van der Waals surface area (Å²) in [4.78, 5) is 22.5. The topological polar surface area (TPSA) is 49.0 Å². The first-order chi connectivity index (χ1) is 10.4. The number of aromatic amines is 1. The Kier molecular flexibility index (Phi) is 3.57. The Bertz CT molecular complexity index is 928. The second-order valence-corrected chi connectivity index (χ2v) is 6.36. The van der Waals surface area contributed by atoms with Gasteiger partial charge in [0.05, 0.1) is 21.6 Å². The first-order valence-electron chi connectivity index (χ1n) is 7.22. The minimum absolute atomic E-state index is 0.0219. The van der Waals surface area contributed by atoms with Gasteiger partial charge in [-0.1, -0.05) is 25.4 Å². The van der Waals surface area contributed by atoms with E-state index in [0.717, 1.165) is 16.9 Å². The molecule has 3 rings (SSSR count). The van der Waals surface area contributed by atoms with Crippen LogP contribution in [0.15, 0.2) is 29.1 Å². The summed E-state index contributed by atoms with van der Waals surface area (Å²) in [5.41, 5.74) is 3.06. The third-order valence-corrected chi connectivity index (χ3v) is 4.12. The van der Waals surface area contributed by atoms with E-state index in [1.807, 2.05) is 31.1 Å². The van der Waals surface area contributed by atoms with Crippen molar-refractivity contribution in [2.45, 2.75) is 19.8 Å². The first kappa shape index (κ1) is 14.9. The van der Waals surface area contributed by atoms with Gasteiger partial charge in [-0.15, -0.1) is 0 Å². The highest BCUT2D eigenvalue weighted by Gasteiger charge is 2.14. The SMILES string of the molecule is CC(C)c1ccc2c(=O)c3ccc(Cl)c(N(C)C)c3[nH]c2n1. The molecule has 0 spiro atoms. The number of hydrogen-bond donors (Lipinski definition) is 1. The number of pyridine rings is 2. The number of fused-ring (bicyclic) bond motifs is 2. The van der Waals surface area contributed by atoms with Crippen LogP contribution in [-0.2, 0) is 0 Å². The molecule has 0 bridgehead atoms. The highest BCUT2D eigenvalue weighted by molar-refractivity contribution is 6.34. The molecular weight excluding hydrogens is 298 g/mol. The fraction of sp³-hybridized carbons (Fsp3) is 0.294. The second kappa shape index (κ2) is 5.29. The summed E-state index contributed by atoms with van der Waals surface area (Å²) in [6.07, 6.45) is 0. The van der Waals surface area contributed by atoms with Crippen LogP contribution in [0.3, 0.4) is 0 Å². The fourth-order valence-corrected chi connectivity index (χ4v) is 2.98. The smallest absolute Gasteiger partial charge is 0.198 e. The quantitative estimate of drug-likeness (QED) is 0.729. The molecule has 0 amide bonds. The van der Waals surface area contributed by atoms with Crippen molar-refractivity contribution < 1.29 is 0 Å². The molecule has 3 aromatic rings. The Balaban J connectivity index is 2.48. The van der Waals surface area contributed by atoms with Crippen molar-refractivity contribution >= 4 is 39.2 Å². The van der Waals surface area contributed by atoms with Crippen LogP contribution in [-0.4, -0.2) is 24.1 Å². The zero-order valence-electron chi connectivity index (χ0n) is 13.1. The van der Waals surface area contributed by atoms with E-state index < -0.39 is 0 Å². The van der Waals surface area contributed by atoms with Gasteiger partial charge in [0.25, 0.3) is 0 Å². The van der Waals surface area contributed by atoms with E-state index in [9.17, 15) is 4.79 Å². The second-order valence-electron chi connectivity index (χ2n) is 5.95. The molecule has 0 atom stereocenters. The summed E-state index contributed by atoms with van der Waals surface area (Å²) in [6, 6.07) is 7.28. The van der Waals surface area contributed by atoms with Crippen molar-refractivity contribution in [1.82, 2.24) is 9.97 Å². The minimum atomic E-state index is -0.0219. The average molecular weight is 316 g/mol. The van der Waals surface area contributed by atoms with Crippen molar-refractivity contribution in [2.75, 3.05) is 19.0 Å². The van der Waals surface area contributed by atoms with Crippen LogP contribution in [0.5, 0.6) is 0 Å². The lowest BCUT2D eigenvalue weighted by Gasteiger charge is -2.17. The molecule has 0 fully saturated rings. The zero-order valence-corrected chi connectivity index (χ0v) is 13.8. The molecule has 2 aromatic heterocycles. The lowest BCUT2D eigenvalue weighted by molar-refractivity contribution is 0.828. The lowest BCUT2D eigenvalue weighted by atomic mass is 10.1. The molecule has 114 valence electrons. The Hall–Kier alpha value is -2.07. The number of nitrogens with zero attached hydrogens (tertiary/aromatic N) is 2. The van der Waals surface area contributed by atoms with Gasteiger partial charge in [0.15, 0.2) is 5.43 Å². The average Bonchev–Trinajstić information content (AvgIpc) is 2.46. The van der Waals surface area contributed by atoms with E-state index >= 15 is 0 Å². The number of anilines is 1. The molecule has 1 aromatic carbocycles. The maximum absolute atomic E-state index is 12.7. The van der Waals surface area contributed by atoms with Gasteiger partial charge in [-0.2, -0.15) is 0 Å². The standard InChI is InChI=1S/C17H18ClN3O/c1-9(2)13-8-6-11-16(22)10-5-7-12(18)15(21(3)4)14(10)20-17(11)19-13/h5-9H,1-4H3,(H,19,20,22). The highest BCUT2D eigenvalue weighted by atomic mass is 35.5. The number of rotatable bonds is 2. The van der Waals surface area contributed by atoms with Crippen molar-refractivity contribution in [2.24, 2.45) is 0 Å². The van der Waals surface area contributed by atoms with Gasteiger partial charge >= 0.3 is 0 Å². The van der Waals surface area contributed by atoms with Gasteiger partial charge in [-0.25, -0.2) is 4.98 Å². The first-order valence-corrected chi connectivity index (χ1v) is 7.60. The highest BCUT2D eigenvalue weighted by Crippen LogP contribution is 2.31. The Morgan fingerprint density at radius 1 is 1.14 bits per heavy atom. The molecule has 22 heavy (non-hydrogen) atoms. The molecule has 0 aliphatic rings. The van der Waals surface area contributed by atoms with E-state index in [1.165, 1.54) is 0 Å². The van der Waals surface area contributed by atoms with Crippen LogP contribution in [0.25, 0.3) is 21.9 Å². The van der Waals surface area contributed by atoms with Crippen LogP contribution < -0.4 is 10.3 Å². The van der Waals surface area contributed by atoms with Crippen molar-refractivity contribution in [3.05, 3.63) is 45.2 Å². The Labute approximate surface area is 133 Å². The molecule has 5 heteroatoms. The van der Waals surface area contributed by atoms with E-state index in [0.29, 0.717) is 27.4 Å². The van der Waals surface area contributed by atoms with Crippen molar-refractivity contribution in [3.8, 4) is 0 Å². The third-order valence-electron chi connectivity index (χ3n) is 3.82. The third kappa shape index (κ3) is 2.24. The number of hydrogen-bond acceptors (Lipinski definition) is 3. The molecular formula is C17H18ClN3O. The maximum Gasteiger partial charge on any atom is 0.198 e. The molecule has 4 nitrogen and oxygen atoms in total. The zero-order chi connectivity index (χ0) is 16.0. The molecule has 1 N–H and O–H groups in total. The lowest BCUT2D eigenvalue weighted by Crippen LogP contribution is -2.13. The van der Waals surface area contributed by atoms with Gasteiger partial charge in [0.1, 0.15) is 5.65 Å². The van der Waals surface area contributed by atoms with Crippen LogP contribution in [0.4, 0.5) is 5.69 Å². The van der Waals surface area contributed by atoms with E-state index in [2.05, 4.69) is 23.8 Å². The summed E-state index contributed by atoms with van der Waals surface area (Å²) in [5.74, 6) is 0.302. The summed E-state index contributed by atoms with van der Waals surface area (Å²) in [5, 5.41) is 1.83. The van der Waals surface area contributed by atoms with Crippen molar-refractivity contribution in [3.63, 3.8) is 0 Å². The van der Waals surface area contributed by atoms with E-state index in [1.54, 1.807) is 12.1 Å². The van der Waals surface area contributed by atoms with Gasteiger partial charge in [-0.05, 0) is 30.2 Å². The molecule has 0 saturated carbocycles. The van der Waals surface area contributed by atoms with Gasteiger partial charge in [-0.3, -0.25) is 4.79 Å². The normalized spacial score (nSPS) is 11.5. The minimum Gasteiger partial charge on any atom is -0.375 e. The number of nitrogens with one attached hydrogen (secondary N) is 1. The predicted octanol–water partition coefficient (Wildman–Crippen LogP) is 3.92. The molecule has 0 saturated heterocycles. The van der Waals surface area contributed by atoms with Gasteiger partial charge < -0.3 is 9.88 Å². The molecule has 0 aliphatic carbocycles. The Morgan fingerprint density at radius 2 is 1.82 bits per heavy atom. The fourth-order valence-electron chi connectivity index (χ4n) is 2.66. The summed E-state index contributed by atoms with van der Waals surface area (Å²) < 4.78 is 0. The van der Waals surface area contributed by atoms with Crippen molar-refractivity contribution in [1.29, 1.82) is 0 Å². The van der Waals surface area contributed by atoms with Crippen LogP contribution in [0.2, 0.25) is 5.02 Å². The van der Waals surface area contributed by atoms with Gasteiger partial charge in [0.2, 0.25) is 0 Å². The predicted molar refractivity (Wildman–Crippen MR) is 93.3 cm³/mol. The summed E-state index contributed by atoms with van der Waals surface area (Å²) in [7, 11) is 3.81. The monoisotopic (exact) mass is 315 g/mol. The van der Waals surface area contributed by atoms with Crippen LogP contribution in [0.1, 0.15) is 25.5 Å². The van der Waals surface area contributed by atoms with Gasteiger partial charge in [0, 0.05) is 25.2 Å². The number of benzene rings is 1. The van der Waals surface area contributed by atoms with E-state index in [4.69, 9.17) is 11.6 Å². The molecule has 0 radical (unpaired) electrons. The number of H-pyrrole nitrogens is 1. The largest absolute Gasteiger partial charge is 0.375 e. The van der Waals surface area contributed by atoms with E-state index in [-0.39, 0.29) is 5.43 Å². The number of halogens is 1. The summed E-state index contributed by atoms with van der Waals surface area (Å²) >= 11 is 6.30.